The average molecular weight is 294 g/mol. The zero-order valence-electron chi connectivity index (χ0n) is 10.1. The van der Waals surface area contributed by atoms with Crippen molar-refractivity contribution in [1.82, 2.24) is 0 Å². The Labute approximate surface area is 114 Å². The molecule has 2 aromatic carbocycles. The van der Waals surface area contributed by atoms with Crippen LogP contribution in [0, 0.1) is 0 Å². The zero-order valence-corrected chi connectivity index (χ0v) is 11.0. The highest BCUT2D eigenvalue weighted by Crippen LogP contribution is 2.33. The molecule has 0 aliphatic rings. The Morgan fingerprint density at radius 3 is 1.75 bits per heavy atom. The number of rotatable bonds is 4. The van der Waals surface area contributed by atoms with Crippen molar-refractivity contribution >= 4 is 18.9 Å². The number of ether oxygens (including phenoxy) is 1. The predicted molar refractivity (Wildman–Crippen MR) is 71.6 cm³/mol. The molecule has 0 fully saturated rings. The number of carbonyl (C=O) groups is 1. The van der Waals surface area contributed by atoms with Crippen LogP contribution in [0.15, 0.2) is 48.5 Å². The third-order valence-corrected chi connectivity index (χ3v) is 3.48. The third-order valence-electron chi connectivity index (χ3n) is 2.51. The second-order valence-corrected chi connectivity index (χ2v) is 5.57. The Kier molecular flexibility index (Phi) is 3.90. The van der Waals surface area contributed by atoms with Crippen LogP contribution in [0.4, 0.5) is 0 Å². The first-order chi connectivity index (χ1) is 9.36. The standard InChI is InChI=1S/C13H11O6P/c14-13(15)9-1-3-10(4-2-9)19-11-5-7-12(8-6-11)20(16,17)18/h1-8H,(H,14,15)(H2,16,17,18). The Morgan fingerprint density at radius 2 is 1.35 bits per heavy atom. The smallest absolute Gasteiger partial charge is 0.356 e. The van der Waals surface area contributed by atoms with Gasteiger partial charge >= 0.3 is 13.6 Å². The summed E-state index contributed by atoms with van der Waals surface area (Å²) in [7, 11) is -4.26. The highest BCUT2D eigenvalue weighted by atomic mass is 31.2. The van der Waals surface area contributed by atoms with Gasteiger partial charge in [-0.1, -0.05) is 0 Å². The molecule has 6 nitrogen and oxygen atoms in total. The van der Waals surface area contributed by atoms with Gasteiger partial charge in [0.15, 0.2) is 0 Å². The van der Waals surface area contributed by atoms with Crippen LogP contribution in [0.3, 0.4) is 0 Å². The van der Waals surface area contributed by atoms with Gasteiger partial charge in [0.2, 0.25) is 0 Å². The van der Waals surface area contributed by atoms with E-state index < -0.39 is 13.6 Å². The first kappa shape index (κ1) is 14.3. The first-order valence-corrected chi connectivity index (χ1v) is 7.15. The monoisotopic (exact) mass is 294 g/mol. The Morgan fingerprint density at radius 1 is 0.900 bits per heavy atom. The highest BCUT2D eigenvalue weighted by Gasteiger charge is 2.16. The van der Waals surface area contributed by atoms with Gasteiger partial charge in [-0.2, -0.15) is 0 Å². The van der Waals surface area contributed by atoms with E-state index in [2.05, 4.69) is 0 Å². The van der Waals surface area contributed by atoms with E-state index in [4.69, 9.17) is 19.6 Å². The topological polar surface area (TPSA) is 104 Å². The summed E-state index contributed by atoms with van der Waals surface area (Å²) < 4.78 is 16.4. The van der Waals surface area contributed by atoms with Gasteiger partial charge < -0.3 is 19.6 Å². The maximum absolute atomic E-state index is 11.0. The molecule has 3 N–H and O–H groups in total. The van der Waals surface area contributed by atoms with Gasteiger partial charge in [0.05, 0.1) is 10.9 Å². The number of carboxylic acid groups (broad SMARTS) is 1. The van der Waals surface area contributed by atoms with Crippen LogP contribution in [0.1, 0.15) is 10.4 Å². The molecule has 0 saturated carbocycles. The lowest BCUT2D eigenvalue weighted by molar-refractivity contribution is 0.0697. The van der Waals surface area contributed by atoms with E-state index in [-0.39, 0.29) is 10.9 Å². The number of hydrogen-bond donors (Lipinski definition) is 3. The molecule has 2 aromatic rings. The van der Waals surface area contributed by atoms with Gasteiger partial charge in [-0.3, -0.25) is 4.57 Å². The molecule has 0 bridgehead atoms. The average Bonchev–Trinajstić information content (AvgIpc) is 2.39. The quantitative estimate of drug-likeness (QED) is 0.745. The highest BCUT2D eigenvalue weighted by molar-refractivity contribution is 7.60. The molecule has 20 heavy (non-hydrogen) atoms. The van der Waals surface area contributed by atoms with Gasteiger partial charge in [0, 0.05) is 0 Å². The van der Waals surface area contributed by atoms with E-state index in [0.717, 1.165) is 0 Å². The fraction of sp³-hybridized carbons (Fsp3) is 0. The lowest BCUT2D eigenvalue weighted by Gasteiger charge is -2.08. The Balaban J connectivity index is 2.14. The molecule has 7 heteroatoms. The van der Waals surface area contributed by atoms with Crippen molar-refractivity contribution in [3.05, 3.63) is 54.1 Å². The van der Waals surface area contributed by atoms with Crippen LogP contribution in [0.25, 0.3) is 0 Å². The first-order valence-electron chi connectivity index (χ1n) is 5.53. The van der Waals surface area contributed by atoms with Crippen LogP contribution in [-0.2, 0) is 4.57 Å². The number of benzene rings is 2. The molecule has 0 aliphatic carbocycles. The van der Waals surface area contributed by atoms with Gasteiger partial charge in [-0.15, -0.1) is 0 Å². The maximum atomic E-state index is 11.0. The van der Waals surface area contributed by atoms with E-state index in [1.807, 2.05) is 0 Å². The number of hydrogen-bond acceptors (Lipinski definition) is 3. The van der Waals surface area contributed by atoms with Crippen LogP contribution >= 0.6 is 7.60 Å². The van der Waals surface area contributed by atoms with Crippen molar-refractivity contribution in [1.29, 1.82) is 0 Å². The normalized spacial score (nSPS) is 11.1. The van der Waals surface area contributed by atoms with Crippen molar-refractivity contribution in [2.45, 2.75) is 0 Å². The van der Waals surface area contributed by atoms with Gasteiger partial charge in [-0.25, -0.2) is 4.79 Å². The molecular formula is C13H11O6P. The molecule has 2 rings (SSSR count). The van der Waals surface area contributed by atoms with Crippen molar-refractivity contribution in [2.24, 2.45) is 0 Å². The molecule has 0 amide bonds. The summed E-state index contributed by atoms with van der Waals surface area (Å²) in [4.78, 5) is 28.6. The Bertz CT molecular complexity index is 656. The molecule has 0 unspecified atom stereocenters. The molecular weight excluding hydrogens is 283 g/mol. The summed E-state index contributed by atoms with van der Waals surface area (Å²) in [5.41, 5.74) is 0.147. The summed E-state index contributed by atoms with van der Waals surface area (Å²) in [6, 6.07) is 11.2. The summed E-state index contributed by atoms with van der Waals surface area (Å²) in [5, 5.41) is 8.67. The molecule has 0 spiro atoms. The molecule has 0 radical (unpaired) electrons. The molecule has 0 heterocycles. The molecule has 0 saturated heterocycles. The van der Waals surface area contributed by atoms with Crippen molar-refractivity contribution in [3.8, 4) is 11.5 Å². The van der Waals surface area contributed by atoms with Crippen LogP contribution in [0.5, 0.6) is 11.5 Å². The fourth-order valence-corrected chi connectivity index (χ4v) is 2.05. The maximum Gasteiger partial charge on any atom is 0.356 e. The summed E-state index contributed by atoms with van der Waals surface area (Å²) in [6.45, 7) is 0. The molecule has 0 aromatic heterocycles. The van der Waals surface area contributed by atoms with E-state index in [1.165, 1.54) is 48.5 Å². The Hall–Kier alpha value is -2.14. The largest absolute Gasteiger partial charge is 0.478 e. The van der Waals surface area contributed by atoms with Gasteiger partial charge in [0.25, 0.3) is 0 Å². The van der Waals surface area contributed by atoms with Crippen LogP contribution < -0.4 is 10.0 Å². The minimum atomic E-state index is -4.26. The van der Waals surface area contributed by atoms with Gasteiger partial charge in [0.1, 0.15) is 11.5 Å². The number of aromatic carboxylic acids is 1. The van der Waals surface area contributed by atoms with E-state index in [9.17, 15) is 9.36 Å². The van der Waals surface area contributed by atoms with Crippen LogP contribution in [-0.4, -0.2) is 20.9 Å². The molecule has 0 aliphatic heterocycles. The lowest BCUT2D eigenvalue weighted by Crippen LogP contribution is -2.02. The minimum absolute atomic E-state index is 0.0916. The SMILES string of the molecule is O=C(O)c1ccc(Oc2ccc(P(=O)(O)O)cc2)cc1. The van der Waals surface area contributed by atoms with Crippen molar-refractivity contribution < 1.29 is 29.0 Å². The second-order valence-electron chi connectivity index (χ2n) is 3.97. The van der Waals surface area contributed by atoms with Crippen molar-refractivity contribution in [3.63, 3.8) is 0 Å². The van der Waals surface area contributed by atoms with E-state index >= 15 is 0 Å². The third kappa shape index (κ3) is 3.45. The second kappa shape index (κ2) is 5.46. The minimum Gasteiger partial charge on any atom is -0.478 e. The number of carboxylic acids is 1. The van der Waals surface area contributed by atoms with Crippen LogP contribution in [0.2, 0.25) is 0 Å². The lowest BCUT2D eigenvalue weighted by atomic mass is 10.2. The summed E-state index contributed by atoms with van der Waals surface area (Å²) >= 11 is 0. The molecule has 0 atom stereocenters. The van der Waals surface area contributed by atoms with Crippen molar-refractivity contribution in [2.75, 3.05) is 0 Å². The molecule has 104 valence electrons. The summed E-state index contributed by atoms with van der Waals surface area (Å²) in [6.07, 6.45) is 0. The van der Waals surface area contributed by atoms with E-state index in [1.54, 1.807) is 0 Å². The fourth-order valence-electron chi connectivity index (χ4n) is 1.51. The van der Waals surface area contributed by atoms with Gasteiger partial charge in [-0.05, 0) is 48.5 Å². The predicted octanol–water partition coefficient (Wildman–Crippen LogP) is 1.98. The summed E-state index contributed by atoms with van der Waals surface area (Å²) in [5.74, 6) is -0.202. The van der Waals surface area contributed by atoms with E-state index in [0.29, 0.717) is 11.5 Å². The zero-order chi connectivity index (χ0) is 14.8.